The van der Waals surface area contributed by atoms with Crippen LogP contribution >= 0.6 is 0 Å². The van der Waals surface area contributed by atoms with Crippen molar-refractivity contribution in [2.24, 2.45) is 0 Å². The molecule has 0 atom stereocenters. The predicted octanol–water partition coefficient (Wildman–Crippen LogP) is 1.73. The molecule has 0 amide bonds. The predicted molar refractivity (Wildman–Crippen MR) is 66.2 cm³/mol. The summed E-state index contributed by atoms with van der Waals surface area (Å²) in [7, 11) is 0. The number of aromatic nitrogens is 1. The monoisotopic (exact) mass is 218 g/mol. The SMILES string of the molecule is C#CCN(CCC)c1ccc(CO)c(C)n1. The van der Waals surface area contributed by atoms with Crippen molar-refractivity contribution in [2.75, 3.05) is 18.0 Å². The molecule has 0 aliphatic heterocycles. The highest BCUT2D eigenvalue weighted by Gasteiger charge is 2.07. The van der Waals surface area contributed by atoms with E-state index in [0.29, 0.717) is 6.54 Å². The smallest absolute Gasteiger partial charge is 0.129 e. The summed E-state index contributed by atoms with van der Waals surface area (Å²) in [6, 6.07) is 3.81. The lowest BCUT2D eigenvalue weighted by molar-refractivity contribution is 0.280. The second-order valence-corrected chi connectivity index (χ2v) is 3.70. The van der Waals surface area contributed by atoms with Crippen LogP contribution in [-0.2, 0) is 6.61 Å². The molecule has 1 N–H and O–H groups in total. The number of terminal acetylenes is 1. The molecule has 0 saturated heterocycles. The van der Waals surface area contributed by atoms with Crippen molar-refractivity contribution in [3.63, 3.8) is 0 Å². The van der Waals surface area contributed by atoms with Crippen molar-refractivity contribution in [2.45, 2.75) is 26.9 Å². The highest BCUT2D eigenvalue weighted by Crippen LogP contribution is 2.15. The lowest BCUT2D eigenvalue weighted by Crippen LogP contribution is -2.25. The Bertz CT molecular complexity index is 382. The summed E-state index contributed by atoms with van der Waals surface area (Å²) >= 11 is 0. The van der Waals surface area contributed by atoms with Gasteiger partial charge in [-0.15, -0.1) is 6.42 Å². The van der Waals surface area contributed by atoms with Crippen LogP contribution in [0.4, 0.5) is 5.82 Å². The van der Waals surface area contributed by atoms with Gasteiger partial charge < -0.3 is 10.0 Å². The molecule has 3 heteroatoms. The Balaban J connectivity index is 2.93. The quantitative estimate of drug-likeness (QED) is 0.765. The fraction of sp³-hybridized carbons (Fsp3) is 0.462. The van der Waals surface area contributed by atoms with Crippen LogP contribution in [0.1, 0.15) is 24.6 Å². The Morgan fingerprint density at radius 1 is 1.50 bits per heavy atom. The van der Waals surface area contributed by atoms with Gasteiger partial charge >= 0.3 is 0 Å². The minimum absolute atomic E-state index is 0.0298. The molecule has 0 aliphatic rings. The zero-order chi connectivity index (χ0) is 12.0. The average molecular weight is 218 g/mol. The first-order valence-corrected chi connectivity index (χ1v) is 5.48. The van der Waals surface area contributed by atoms with E-state index < -0.39 is 0 Å². The number of rotatable bonds is 5. The van der Waals surface area contributed by atoms with E-state index in [1.807, 2.05) is 19.1 Å². The van der Waals surface area contributed by atoms with Crippen LogP contribution in [0, 0.1) is 19.3 Å². The van der Waals surface area contributed by atoms with Gasteiger partial charge in [-0.05, 0) is 25.0 Å². The third kappa shape index (κ3) is 2.98. The highest BCUT2D eigenvalue weighted by atomic mass is 16.3. The van der Waals surface area contributed by atoms with Crippen LogP contribution < -0.4 is 4.90 Å². The Morgan fingerprint density at radius 3 is 2.75 bits per heavy atom. The molecule has 1 aromatic heterocycles. The molecule has 0 radical (unpaired) electrons. The van der Waals surface area contributed by atoms with Crippen molar-refractivity contribution < 1.29 is 5.11 Å². The Labute approximate surface area is 97.1 Å². The molecule has 86 valence electrons. The number of aryl methyl sites for hydroxylation is 1. The third-order valence-corrected chi connectivity index (χ3v) is 2.45. The van der Waals surface area contributed by atoms with E-state index in [9.17, 15) is 0 Å². The van der Waals surface area contributed by atoms with Gasteiger partial charge in [-0.25, -0.2) is 4.98 Å². The van der Waals surface area contributed by atoms with E-state index in [1.54, 1.807) is 0 Å². The van der Waals surface area contributed by atoms with Gasteiger partial charge in [-0.1, -0.05) is 18.9 Å². The van der Waals surface area contributed by atoms with Crippen LogP contribution in [0.15, 0.2) is 12.1 Å². The lowest BCUT2D eigenvalue weighted by atomic mass is 10.2. The average Bonchev–Trinajstić information content (AvgIpc) is 2.28. The van der Waals surface area contributed by atoms with Gasteiger partial charge in [0.15, 0.2) is 0 Å². The lowest BCUT2D eigenvalue weighted by Gasteiger charge is -2.21. The van der Waals surface area contributed by atoms with Crippen LogP contribution in [0.2, 0.25) is 0 Å². The number of aliphatic hydroxyl groups excluding tert-OH is 1. The molecule has 1 rings (SSSR count). The summed E-state index contributed by atoms with van der Waals surface area (Å²) in [6.07, 6.45) is 6.36. The first kappa shape index (κ1) is 12.5. The molecule has 0 bridgehead atoms. The summed E-state index contributed by atoms with van der Waals surface area (Å²) in [5.74, 6) is 3.52. The molecular weight excluding hydrogens is 200 g/mol. The zero-order valence-corrected chi connectivity index (χ0v) is 9.90. The minimum atomic E-state index is 0.0298. The van der Waals surface area contributed by atoms with E-state index in [0.717, 1.165) is 30.0 Å². The Morgan fingerprint density at radius 2 is 2.25 bits per heavy atom. The Kier molecular flexibility index (Phi) is 4.81. The molecule has 1 aromatic rings. The van der Waals surface area contributed by atoms with Crippen molar-refractivity contribution in [3.05, 3.63) is 23.4 Å². The molecule has 0 fully saturated rings. The molecule has 1 heterocycles. The molecule has 3 nitrogen and oxygen atoms in total. The normalized spacial score (nSPS) is 9.88. The molecule has 0 aliphatic carbocycles. The van der Waals surface area contributed by atoms with Gasteiger partial charge in [0.05, 0.1) is 13.2 Å². The second-order valence-electron chi connectivity index (χ2n) is 3.70. The molecule has 0 aromatic carbocycles. The van der Waals surface area contributed by atoms with Crippen LogP contribution in [0.5, 0.6) is 0 Å². The first-order valence-electron chi connectivity index (χ1n) is 5.48. The van der Waals surface area contributed by atoms with Gasteiger partial charge in [0.2, 0.25) is 0 Å². The largest absolute Gasteiger partial charge is 0.392 e. The fourth-order valence-corrected chi connectivity index (χ4v) is 1.57. The van der Waals surface area contributed by atoms with Crippen molar-refractivity contribution in [1.29, 1.82) is 0 Å². The summed E-state index contributed by atoms with van der Waals surface area (Å²) in [5.41, 5.74) is 1.72. The maximum Gasteiger partial charge on any atom is 0.129 e. The van der Waals surface area contributed by atoms with Crippen molar-refractivity contribution in [3.8, 4) is 12.3 Å². The van der Waals surface area contributed by atoms with Gasteiger partial charge in [-0.3, -0.25) is 0 Å². The number of hydrogen-bond donors (Lipinski definition) is 1. The fourth-order valence-electron chi connectivity index (χ4n) is 1.57. The van der Waals surface area contributed by atoms with Crippen LogP contribution in [0.3, 0.4) is 0 Å². The summed E-state index contributed by atoms with van der Waals surface area (Å²) in [4.78, 5) is 6.52. The molecule has 0 saturated carbocycles. The Hall–Kier alpha value is -1.53. The summed E-state index contributed by atoms with van der Waals surface area (Å²) < 4.78 is 0. The summed E-state index contributed by atoms with van der Waals surface area (Å²) in [5, 5.41) is 9.07. The standard InChI is InChI=1S/C13H18N2O/c1-4-8-15(9-5-2)13-7-6-12(10-16)11(3)14-13/h1,6-7,16H,5,8-10H2,2-3H3. The van der Waals surface area contributed by atoms with Crippen molar-refractivity contribution >= 4 is 5.82 Å². The van der Waals surface area contributed by atoms with E-state index in [4.69, 9.17) is 11.5 Å². The van der Waals surface area contributed by atoms with Gasteiger partial charge in [0.1, 0.15) is 5.82 Å². The number of pyridine rings is 1. The van der Waals surface area contributed by atoms with E-state index >= 15 is 0 Å². The number of nitrogens with zero attached hydrogens (tertiary/aromatic N) is 2. The maximum absolute atomic E-state index is 9.07. The maximum atomic E-state index is 9.07. The van der Waals surface area contributed by atoms with Gasteiger partial charge in [-0.2, -0.15) is 0 Å². The zero-order valence-electron chi connectivity index (χ0n) is 9.90. The highest BCUT2D eigenvalue weighted by molar-refractivity contribution is 5.42. The van der Waals surface area contributed by atoms with E-state index in [1.165, 1.54) is 0 Å². The minimum Gasteiger partial charge on any atom is -0.392 e. The topological polar surface area (TPSA) is 36.4 Å². The van der Waals surface area contributed by atoms with Crippen molar-refractivity contribution in [1.82, 2.24) is 4.98 Å². The molecular formula is C13H18N2O. The summed E-state index contributed by atoms with van der Waals surface area (Å²) in [6.45, 7) is 5.50. The van der Waals surface area contributed by atoms with Crippen LogP contribution in [-0.4, -0.2) is 23.2 Å². The van der Waals surface area contributed by atoms with Gasteiger partial charge in [0, 0.05) is 12.2 Å². The number of anilines is 1. The molecule has 0 spiro atoms. The number of aliphatic hydroxyl groups is 1. The first-order chi connectivity index (χ1) is 7.72. The van der Waals surface area contributed by atoms with Crippen LogP contribution in [0.25, 0.3) is 0 Å². The van der Waals surface area contributed by atoms with Gasteiger partial charge in [0.25, 0.3) is 0 Å². The molecule has 0 unspecified atom stereocenters. The van der Waals surface area contributed by atoms with E-state index in [-0.39, 0.29) is 6.61 Å². The second kappa shape index (κ2) is 6.14. The number of hydrogen-bond acceptors (Lipinski definition) is 3. The third-order valence-electron chi connectivity index (χ3n) is 2.45. The van der Waals surface area contributed by atoms with E-state index in [2.05, 4.69) is 22.7 Å². The molecule has 16 heavy (non-hydrogen) atoms.